The molecule has 1 aliphatic carbocycles. The lowest BCUT2D eigenvalue weighted by molar-refractivity contribution is -0.134. The quantitative estimate of drug-likeness (QED) is 0.615. The highest BCUT2D eigenvalue weighted by Gasteiger charge is 2.29. The number of ketones is 1. The number of rotatable bonds is 6. The molecule has 7 nitrogen and oxygen atoms in total. The zero-order valence-corrected chi connectivity index (χ0v) is 12.4. The van der Waals surface area contributed by atoms with Crippen molar-refractivity contribution >= 4 is 26.6 Å². The topological polar surface area (TPSA) is 118 Å². The van der Waals surface area contributed by atoms with Gasteiger partial charge in [0.2, 0.25) is 15.7 Å². The molecule has 1 amide bonds. The third kappa shape index (κ3) is 4.91. The largest absolute Gasteiger partial charge is 0.395 e. The molecule has 1 aliphatic rings. The molecule has 8 heteroatoms. The highest BCUT2D eigenvalue weighted by atomic mass is 32.2. The molecule has 0 saturated carbocycles. The first kappa shape index (κ1) is 17.3. The van der Waals surface area contributed by atoms with Crippen molar-refractivity contribution in [1.82, 2.24) is 5.32 Å². The zero-order valence-electron chi connectivity index (χ0n) is 11.5. The van der Waals surface area contributed by atoms with Crippen LogP contribution in [0.1, 0.15) is 12.8 Å². The first-order valence-electron chi connectivity index (χ1n) is 6.28. The van der Waals surface area contributed by atoms with Crippen molar-refractivity contribution < 1.29 is 27.9 Å². The smallest absolute Gasteiger partial charge is 0.265 e. The van der Waals surface area contributed by atoms with Crippen molar-refractivity contribution in [3.8, 4) is 0 Å². The molecular formula is C13H17NO6S. The summed E-state index contributed by atoms with van der Waals surface area (Å²) in [4.78, 5) is 35.1. The summed E-state index contributed by atoms with van der Waals surface area (Å²) in [6, 6.07) is 0. The summed E-state index contributed by atoms with van der Waals surface area (Å²) >= 11 is 0. The van der Waals surface area contributed by atoms with Gasteiger partial charge in [0.1, 0.15) is 5.92 Å². The van der Waals surface area contributed by atoms with Crippen molar-refractivity contribution in [2.45, 2.75) is 12.8 Å². The Morgan fingerprint density at radius 2 is 2.05 bits per heavy atom. The average molecular weight is 315 g/mol. The fraction of sp³-hybridized carbons (Fsp3) is 0.462. The third-order valence-corrected chi connectivity index (χ3v) is 3.94. The molecule has 2 N–H and O–H groups in total. The first-order valence-corrected chi connectivity index (χ1v) is 8.18. The van der Waals surface area contributed by atoms with Crippen LogP contribution in [0.2, 0.25) is 0 Å². The summed E-state index contributed by atoms with van der Waals surface area (Å²) in [5.74, 6) is -2.73. The Bertz CT molecular complexity index is 602. The van der Waals surface area contributed by atoms with Crippen LogP contribution in [-0.2, 0) is 24.2 Å². The highest BCUT2D eigenvalue weighted by Crippen LogP contribution is 2.17. The predicted octanol–water partition coefficient (Wildman–Crippen LogP) is -0.872. The van der Waals surface area contributed by atoms with E-state index in [9.17, 15) is 27.9 Å². The molecule has 0 fully saturated rings. The Hall–Kier alpha value is -1.80. The minimum atomic E-state index is -3.89. The Balaban J connectivity index is 2.69. The molecule has 21 heavy (non-hydrogen) atoms. The normalized spacial score (nSPS) is 16.0. The van der Waals surface area contributed by atoms with Gasteiger partial charge in [0, 0.05) is 6.26 Å². The van der Waals surface area contributed by atoms with Crippen LogP contribution in [0.4, 0.5) is 0 Å². The van der Waals surface area contributed by atoms with Crippen molar-refractivity contribution in [2.75, 3.05) is 19.4 Å². The SMILES string of the molecule is CS(=O)(=O)C(=O)CNC(=O)[C@H](CO)C(=O)C1=CC=CCC1. The van der Waals surface area contributed by atoms with Crippen LogP contribution in [-0.4, -0.2) is 49.7 Å². The van der Waals surface area contributed by atoms with Gasteiger partial charge in [-0.25, -0.2) is 8.42 Å². The van der Waals surface area contributed by atoms with Crippen LogP contribution in [0.5, 0.6) is 0 Å². The van der Waals surface area contributed by atoms with E-state index >= 15 is 0 Å². The summed E-state index contributed by atoms with van der Waals surface area (Å²) in [5, 5.41) is 10.1. The van der Waals surface area contributed by atoms with Gasteiger partial charge in [0.25, 0.3) is 5.12 Å². The summed E-state index contributed by atoms with van der Waals surface area (Å²) in [6.07, 6.45) is 7.01. The molecule has 0 unspecified atom stereocenters. The van der Waals surface area contributed by atoms with E-state index in [0.29, 0.717) is 18.4 Å². The van der Waals surface area contributed by atoms with E-state index in [4.69, 9.17) is 0 Å². The average Bonchev–Trinajstić information content (AvgIpc) is 2.45. The zero-order chi connectivity index (χ0) is 16.0. The number of hydrogen-bond donors (Lipinski definition) is 2. The fourth-order valence-electron chi connectivity index (χ4n) is 1.73. The van der Waals surface area contributed by atoms with E-state index in [1.165, 1.54) is 0 Å². The van der Waals surface area contributed by atoms with Gasteiger partial charge in [-0.05, 0) is 18.4 Å². The monoisotopic (exact) mass is 315 g/mol. The number of hydrogen-bond acceptors (Lipinski definition) is 6. The van der Waals surface area contributed by atoms with E-state index < -0.39 is 45.7 Å². The van der Waals surface area contributed by atoms with E-state index in [1.54, 1.807) is 12.2 Å². The van der Waals surface area contributed by atoms with Gasteiger partial charge in [0.05, 0.1) is 13.2 Å². The van der Waals surface area contributed by atoms with Crippen LogP contribution in [0.15, 0.2) is 23.8 Å². The molecular weight excluding hydrogens is 298 g/mol. The highest BCUT2D eigenvalue weighted by molar-refractivity contribution is 8.05. The van der Waals surface area contributed by atoms with Crippen LogP contribution in [0, 0.1) is 5.92 Å². The number of sulfone groups is 1. The van der Waals surface area contributed by atoms with Gasteiger partial charge in [-0.3, -0.25) is 14.4 Å². The first-order chi connectivity index (χ1) is 9.77. The molecule has 0 aromatic heterocycles. The Labute approximate surface area is 122 Å². The molecule has 1 atom stereocenters. The number of carbonyl (C=O) groups excluding carboxylic acids is 3. The number of aliphatic hydroxyl groups excluding tert-OH is 1. The van der Waals surface area contributed by atoms with Crippen LogP contribution < -0.4 is 5.32 Å². The van der Waals surface area contributed by atoms with Crippen molar-refractivity contribution in [3.63, 3.8) is 0 Å². The lowest BCUT2D eigenvalue weighted by Gasteiger charge is -2.15. The summed E-state index contributed by atoms with van der Waals surface area (Å²) in [5.41, 5.74) is 0.418. The molecule has 116 valence electrons. The molecule has 1 rings (SSSR count). The van der Waals surface area contributed by atoms with Crippen molar-refractivity contribution in [2.24, 2.45) is 5.92 Å². The number of aliphatic hydroxyl groups is 1. The number of nitrogens with one attached hydrogen (secondary N) is 1. The Kier molecular flexibility index (Phi) is 5.98. The maximum atomic E-state index is 12.1. The molecule has 0 aromatic rings. The van der Waals surface area contributed by atoms with E-state index in [1.807, 2.05) is 6.08 Å². The second-order valence-corrected chi connectivity index (χ2v) is 6.62. The maximum Gasteiger partial charge on any atom is 0.265 e. The van der Waals surface area contributed by atoms with Gasteiger partial charge in [0.15, 0.2) is 5.78 Å². The summed E-state index contributed by atoms with van der Waals surface area (Å²) in [6.45, 7) is -1.43. The fourth-order valence-corrected chi connectivity index (χ4v) is 2.06. The number of Topliss-reactive ketones (excluding diaryl/α,β-unsaturated/α-hetero) is 1. The van der Waals surface area contributed by atoms with Gasteiger partial charge in [-0.2, -0.15) is 0 Å². The standard InChI is InChI=1S/C13H17NO6S/c1-21(19,20)11(16)7-14-13(18)10(8-15)12(17)9-5-3-2-4-6-9/h2-3,5,10,15H,4,6-8H2,1H3,(H,14,18)/t10-/m1/s1. The van der Waals surface area contributed by atoms with E-state index in [-0.39, 0.29) is 0 Å². The molecule has 0 saturated heterocycles. The van der Waals surface area contributed by atoms with Crippen molar-refractivity contribution in [3.05, 3.63) is 23.8 Å². The van der Waals surface area contributed by atoms with Crippen molar-refractivity contribution in [1.29, 1.82) is 0 Å². The lowest BCUT2D eigenvalue weighted by Crippen LogP contribution is -2.41. The summed E-state index contributed by atoms with van der Waals surface area (Å²) < 4.78 is 21.9. The minimum Gasteiger partial charge on any atom is -0.395 e. The number of carbonyl (C=O) groups is 3. The molecule has 0 bridgehead atoms. The second-order valence-electron chi connectivity index (χ2n) is 4.62. The van der Waals surface area contributed by atoms with Crippen LogP contribution in [0.25, 0.3) is 0 Å². The number of amides is 1. The molecule has 0 spiro atoms. The third-order valence-electron chi connectivity index (χ3n) is 2.97. The summed E-state index contributed by atoms with van der Waals surface area (Å²) in [7, 11) is -3.89. The predicted molar refractivity (Wildman–Crippen MR) is 74.9 cm³/mol. The molecule has 0 aromatic carbocycles. The van der Waals surface area contributed by atoms with E-state index in [2.05, 4.69) is 5.32 Å². The van der Waals surface area contributed by atoms with Gasteiger partial charge >= 0.3 is 0 Å². The number of allylic oxidation sites excluding steroid dienone is 4. The Morgan fingerprint density at radius 1 is 1.38 bits per heavy atom. The maximum absolute atomic E-state index is 12.1. The van der Waals surface area contributed by atoms with Crippen LogP contribution >= 0.6 is 0 Å². The van der Waals surface area contributed by atoms with Crippen LogP contribution in [0.3, 0.4) is 0 Å². The van der Waals surface area contributed by atoms with Gasteiger partial charge < -0.3 is 10.4 Å². The molecule has 0 aliphatic heterocycles. The van der Waals surface area contributed by atoms with E-state index in [0.717, 1.165) is 6.26 Å². The Morgan fingerprint density at radius 3 is 2.52 bits per heavy atom. The van der Waals surface area contributed by atoms with Gasteiger partial charge in [-0.1, -0.05) is 18.2 Å². The second kappa shape index (κ2) is 7.28. The lowest BCUT2D eigenvalue weighted by atomic mass is 9.92. The molecule has 0 heterocycles. The minimum absolute atomic E-state index is 0.418. The molecule has 0 radical (unpaired) electrons. The van der Waals surface area contributed by atoms with Gasteiger partial charge in [-0.15, -0.1) is 0 Å².